The topological polar surface area (TPSA) is 38.3 Å². The van der Waals surface area contributed by atoms with Crippen LogP contribution >= 0.6 is 0 Å². The Balaban J connectivity index is 1.32. The molecule has 0 bridgehead atoms. The maximum atomic E-state index is 12.0. The lowest BCUT2D eigenvalue weighted by atomic mass is 9.84. The molecule has 3 heteroatoms. The Bertz CT molecular complexity index is 769. The first kappa shape index (κ1) is 22.4. The predicted octanol–water partition coefficient (Wildman–Crippen LogP) is 6.95. The number of unbranched alkanes of at least 4 members (excludes halogenated alkanes) is 6. The van der Waals surface area contributed by atoms with E-state index in [0.717, 1.165) is 31.5 Å². The van der Waals surface area contributed by atoms with Crippen LogP contribution < -0.4 is 10.1 Å². The van der Waals surface area contributed by atoms with Gasteiger partial charge in [-0.25, -0.2) is 0 Å². The summed E-state index contributed by atoms with van der Waals surface area (Å²) < 4.78 is 5.48. The quantitative estimate of drug-likeness (QED) is 0.235. The molecule has 0 radical (unpaired) electrons. The molecule has 1 aliphatic rings. The Morgan fingerprint density at radius 3 is 2.40 bits per heavy atom. The van der Waals surface area contributed by atoms with Gasteiger partial charge in [-0.05, 0) is 67.0 Å². The van der Waals surface area contributed by atoms with Gasteiger partial charge in [-0.15, -0.1) is 0 Å². The second kappa shape index (κ2) is 12.4. The highest BCUT2D eigenvalue weighted by Gasteiger charge is 2.17. The standard InChI is InChI=1S/C27H37NO2/c1-2-3-4-5-6-7-8-13-27(29)30-26-18-16-25(17-19-26)28-21-22-14-15-23-11-9-10-12-24(23)20-22/h9-12,16-19,22,28H,2-8,13-15,20-21H2,1H3. The highest BCUT2D eigenvalue weighted by molar-refractivity contribution is 5.72. The van der Waals surface area contributed by atoms with Crippen molar-refractivity contribution in [2.45, 2.75) is 77.6 Å². The first-order chi connectivity index (χ1) is 14.7. The van der Waals surface area contributed by atoms with Crippen molar-refractivity contribution < 1.29 is 9.53 Å². The zero-order valence-corrected chi connectivity index (χ0v) is 18.5. The Hall–Kier alpha value is -2.29. The van der Waals surface area contributed by atoms with Gasteiger partial charge in [-0.2, -0.15) is 0 Å². The molecule has 0 aliphatic heterocycles. The lowest BCUT2D eigenvalue weighted by molar-refractivity contribution is -0.134. The number of carbonyl (C=O) groups excluding carboxylic acids is 1. The number of nitrogens with one attached hydrogen (secondary N) is 1. The number of hydrogen-bond donors (Lipinski definition) is 1. The van der Waals surface area contributed by atoms with Crippen LogP contribution in [-0.4, -0.2) is 12.5 Å². The van der Waals surface area contributed by atoms with Crippen LogP contribution in [0.5, 0.6) is 5.75 Å². The Labute approximate surface area is 182 Å². The van der Waals surface area contributed by atoms with Crippen LogP contribution in [0.1, 0.15) is 75.8 Å². The van der Waals surface area contributed by atoms with Gasteiger partial charge in [-0.1, -0.05) is 69.7 Å². The molecule has 1 unspecified atom stereocenters. The molecule has 0 spiro atoms. The van der Waals surface area contributed by atoms with Crippen molar-refractivity contribution in [3.63, 3.8) is 0 Å². The molecule has 0 heterocycles. The highest BCUT2D eigenvalue weighted by Crippen LogP contribution is 2.26. The maximum absolute atomic E-state index is 12.0. The Morgan fingerprint density at radius 2 is 1.63 bits per heavy atom. The monoisotopic (exact) mass is 407 g/mol. The third-order valence-corrected chi connectivity index (χ3v) is 6.11. The molecular formula is C27H37NO2. The van der Waals surface area contributed by atoms with E-state index in [0.29, 0.717) is 18.1 Å². The van der Waals surface area contributed by atoms with Gasteiger partial charge >= 0.3 is 5.97 Å². The van der Waals surface area contributed by atoms with Crippen molar-refractivity contribution in [3.8, 4) is 5.75 Å². The summed E-state index contributed by atoms with van der Waals surface area (Å²) in [6, 6.07) is 16.6. The lowest BCUT2D eigenvalue weighted by Gasteiger charge is -2.25. The number of anilines is 1. The number of ether oxygens (including phenoxy) is 1. The third kappa shape index (κ3) is 7.51. The van der Waals surface area contributed by atoms with Crippen LogP contribution in [-0.2, 0) is 17.6 Å². The molecule has 0 aromatic heterocycles. The predicted molar refractivity (Wildman–Crippen MR) is 125 cm³/mol. The molecule has 3 nitrogen and oxygen atoms in total. The minimum Gasteiger partial charge on any atom is -0.427 e. The van der Waals surface area contributed by atoms with Gasteiger partial charge in [0, 0.05) is 18.7 Å². The molecule has 1 atom stereocenters. The average Bonchev–Trinajstić information content (AvgIpc) is 2.78. The van der Waals surface area contributed by atoms with Crippen molar-refractivity contribution in [1.82, 2.24) is 0 Å². The largest absolute Gasteiger partial charge is 0.427 e. The summed E-state index contributed by atoms with van der Waals surface area (Å²) in [7, 11) is 0. The van der Waals surface area contributed by atoms with Crippen molar-refractivity contribution >= 4 is 11.7 Å². The van der Waals surface area contributed by atoms with E-state index in [-0.39, 0.29) is 5.97 Å². The van der Waals surface area contributed by atoms with Crippen molar-refractivity contribution in [3.05, 3.63) is 59.7 Å². The number of benzene rings is 2. The van der Waals surface area contributed by atoms with Gasteiger partial charge in [0.25, 0.3) is 0 Å². The van der Waals surface area contributed by atoms with E-state index in [9.17, 15) is 4.79 Å². The summed E-state index contributed by atoms with van der Waals surface area (Å²) >= 11 is 0. The SMILES string of the molecule is CCCCCCCCCC(=O)Oc1ccc(NCC2CCc3ccccc3C2)cc1. The number of rotatable bonds is 12. The van der Waals surface area contributed by atoms with Crippen LogP contribution in [0.2, 0.25) is 0 Å². The zero-order chi connectivity index (χ0) is 21.0. The second-order valence-corrected chi connectivity index (χ2v) is 8.63. The van der Waals surface area contributed by atoms with E-state index in [1.54, 1.807) is 0 Å². The molecule has 162 valence electrons. The smallest absolute Gasteiger partial charge is 0.311 e. The number of carbonyl (C=O) groups is 1. The minimum absolute atomic E-state index is 0.120. The molecule has 1 N–H and O–H groups in total. The first-order valence-corrected chi connectivity index (χ1v) is 11.9. The minimum atomic E-state index is -0.120. The molecule has 0 amide bonds. The summed E-state index contributed by atoms with van der Waals surface area (Å²) in [6.07, 6.45) is 12.5. The summed E-state index contributed by atoms with van der Waals surface area (Å²) in [4.78, 5) is 12.0. The van der Waals surface area contributed by atoms with E-state index >= 15 is 0 Å². The Kier molecular flexibility index (Phi) is 9.27. The van der Waals surface area contributed by atoms with Gasteiger partial charge in [0.2, 0.25) is 0 Å². The summed E-state index contributed by atoms with van der Waals surface area (Å²) in [6.45, 7) is 3.21. The Morgan fingerprint density at radius 1 is 0.933 bits per heavy atom. The highest BCUT2D eigenvalue weighted by atomic mass is 16.5. The number of esters is 1. The fourth-order valence-electron chi connectivity index (χ4n) is 4.26. The summed E-state index contributed by atoms with van der Waals surface area (Å²) in [5, 5.41) is 3.55. The number of fused-ring (bicyclic) bond motifs is 1. The van der Waals surface area contributed by atoms with Gasteiger partial charge < -0.3 is 10.1 Å². The van der Waals surface area contributed by atoms with Gasteiger partial charge in [0.1, 0.15) is 5.75 Å². The van der Waals surface area contributed by atoms with E-state index in [1.165, 1.54) is 56.1 Å². The summed E-state index contributed by atoms with van der Waals surface area (Å²) in [5.74, 6) is 1.18. The van der Waals surface area contributed by atoms with Crippen molar-refractivity contribution in [2.75, 3.05) is 11.9 Å². The third-order valence-electron chi connectivity index (χ3n) is 6.11. The molecule has 30 heavy (non-hydrogen) atoms. The molecule has 0 fully saturated rings. The molecular weight excluding hydrogens is 370 g/mol. The normalized spacial score (nSPS) is 15.4. The first-order valence-electron chi connectivity index (χ1n) is 11.9. The average molecular weight is 408 g/mol. The van der Waals surface area contributed by atoms with Crippen LogP contribution in [0, 0.1) is 5.92 Å². The second-order valence-electron chi connectivity index (χ2n) is 8.63. The van der Waals surface area contributed by atoms with Gasteiger partial charge in [0.05, 0.1) is 0 Å². The molecule has 2 aromatic carbocycles. The fourth-order valence-corrected chi connectivity index (χ4v) is 4.26. The number of aryl methyl sites for hydroxylation is 1. The molecule has 1 aliphatic carbocycles. The zero-order valence-electron chi connectivity index (χ0n) is 18.5. The van der Waals surface area contributed by atoms with Gasteiger partial charge in [-0.3, -0.25) is 4.79 Å². The van der Waals surface area contributed by atoms with Crippen molar-refractivity contribution in [1.29, 1.82) is 0 Å². The van der Waals surface area contributed by atoms with Crippen LogP contribution in [0.3, 0.4) is 0 Å². The molecule has 0 saturated carbocycles. The lowest BCUT2D eigenvalue weighted by Crippen LogP contribution is -2.21. The fraction of sp³-hybridized carbons (Fsp3) is 0.519. The molecule has 2 aromatic rings. The van der Waals surface area contributed by atoms with Crippen LogP contribution in [0.4, 0.5) is 5.69 Å². The van der Waals surface area contributed by atoms with E-state index in [2.05, 4.69) is 36.5 Å². The number of hydrogen-bond acceptors (Lipinski definition) is 3. The van der Waals surface area contributed by atoms with E-state index < -0.39 is 0 Å². The molecule has 0 saturated heterocycles. The van der Waals surface area contributed by atoms with Crippen LogP contribution in [0.25, 0.3) is 0 Å². The van der Waals surface area contributed by atoms with Gasteiger partial charge in [0.15, 0.2) is 0 Å². The van der Waals surface area contributed by atoms with Crippen LogP contribution in [0.15, 0.2) is 48.5 Å². The van der Waals surface area contributed by atoms with Crippen molar-refractivity contribution in [2.24, 2.45) is 5.92 Å². The van der Waals surface area contributed by atoms with E-state index in [1.807, 2.05) is 24.3 Å². The van der Waals surface area contributed by atoms with E-state index in [4.69, 9.17) is 4.74 Å². The maximum Gasteiger partial charge on any atom is 0.311 e. The summed E-state index contributed by atoms with van der Waals surface area (Å²) in [5.41, 5.74) is 4.09. The molecule has 3 rings (SSSR count).